The number of anilines is 1. The molecule has 0 aliphatic heterocycles. The van der Waals surface area contributed by atoms with Gasteiger partial charge in [0.15, 0.2) is 5.65 Å². The first-order valence-electron chi connectivity index (χ1n) is 8.60. The minimum atomic E-state index is -0.312. The lowest BCUT2D eigenvalue weighted by molar-refractivity contribution is 0.631. The van der Waals surface area contributed by atoms with Crippen LogP contribution in [-0.4, -0.2) is 15.0 Å². The monoisotopic (exact) mass is 356 g/mol. The molecule has 4 aromatic rings. The van der Waals surface area contributed by atoms with Crippen molar-refractivity contribution >= 4 is 16.7 Å². The molecule has 1 aromatic carbocycles. The molecular weight excluding hydrogens is 339 g/mol. The largest absolute Gasteiger partial charge is 0.361 e. The van der Waals surface area contributed by atoms with Crippen LogP contribution in [-0.2, 0) is 0 Å². The summed E-state index contributed by atoms with van der Waals surface area (Å²) in [6.07, 6.45) is 8.98. The van der Waals surface area contributed by atoms with Gasteiger partial charge in [0, 0.05) is 28.9 Å². The van der Waals surface area contributed by atoms with Crippen LogP contribution in [0, 0.1) is 5.82 Å². The van der Waals surface area contributed by atoms with E-state index in [1.807, 2.05) is 43.5 Å². The summed E-state index contributed by atoms with van der Waals surface area (Å²) in [5.74, 6) is -0.312. The smallest absolute Gasteiger partial charge is 0.160 e. The number of aromatic nitrogens is 3. The van der Waals surface area contributed by atoms with Crippen molar-refractivity contribution in [2.45, 2.75) is 6.92 Å². The van der Waals surface area contributed by atoms with Gasteiger partial charge in [-0.1, -0.05) is 18.2 Å². The molecule has 132 valence electrons. The number of nitrogens with one attached hydrogen (secondary N) is 1. The predicted molar refractivity (Wildman–Crippen MR) is 107 cm³/mol. The van der Waals surface area contributed by atoms with Crippen molar-refractivity contribution in [1.82, 2.24) is 15.0 Å². The summed E-state index contributed by atoms with van der Waals surface area (Å²) in [6, 6.07) is 14.3. The van der Waals surface area contributed by atoms with Gasteiger partial charge in [-0.2, -0.15) is 0 Å². The second-order valence-corrected chi connectivity index (χ2v) is 6.02. The Kier molecular flexibility index (Phi) is 4.58. The van der Waals surface area contributed by atoms with Crippen molar-refractivity contribution in [1.29, 1.82) is 0 Å². The van der Waals surface area contributed by atoms with Crippen LogP contribution >= 0.6 is 0 Å². The molecule has 3 aromatic heterocycles. The molecule has 0 unspecified atom stereocenters. The molecular formula is C22H17FN4. The number of rotatable bonds is 4. The van der Waals surface area contributed by atoms with Crippen molar-refractivity contribution in [2.24, 2.45) is 0 Å². The Morgan fingerprint density at radius 3 is 2.74 bits per heavy atom. The summed E-state index contributed by atoms with van der Waals surface area (Å²) >= 11 is 0. The van der Waals surface area contributed by atoms with E-state index >= 15 is 0 Å². The van der Waals surface area contributed by atoms with Gasteiger partial charge in [0.05, 0.1) is 17.6 Å². The summed E-state index contributed by atoms with van der Waals surface area (Å²) in [7, 11) is 0. The van der Waals surface area contributed by atoms with Crippen LogP contribution in [0.3, 0.4) is 0 Å². The van der Waals surface area contributed by atoms with E-state index in [1.54, 1.807) is 36.8 Å². The van der Waals surface area contributed by atoms with Gasteiger partial charge in [-0.25, -0.2) is 14.4 Å². The Hall–Kier alpha value is -3.60. The van der Waals surface area contributed by atoms with Crippen molar-refractivity contribution in [2.75, 3.05) is 5.32 Å². The molecule has 4 rings (SSSR count). The normalized spacial score (nSPS) is 11.2. The molecule has 0 amide bonds. The number of hydrogen-bond donors (Lipinski definition) is 1. The summed E-state index contributed by atoms with van der Waals surface area (Å²) in [5, 5.41) is 4.06. The molecule has 0 spiro atoms. The van der Waals surface area contributed by atoms with E-state index in [9.17, 15) is 4.39 Å². The number of hydrogen-bond acceptors (Lipinski definition) is 4. The number of halogens is 1. The average molecular weight is 356 g/mol. The highest BCUT2D eigenvalue weighted by Crippen LogP contribution is 2.32. The summed E-state index contributed by atoms with van der Waals surface area (Å²) in [6.45, 7) is 1.94. The van der Waals surface area contributed by atoms with Gasteiger partial charge in [0.1, 0.15) is 5.82 Å². The number of nitrogens with zero attached hydrogens (tertiary/aromatic N) is 3. The quantitative estimate of drug-likeness (QED) is 0.529. The Balaban J connectivity index is 1.93. The molecule has 0 radical (unpaired) electrons. The molecule has 0 aliphatic carbocycles. The lowest BCUT2D eigenvalue weighted by Crippen LogP contribution is -1.95. The van der Waals surface area contributed by atoms with E-state index in [-0.39, 0.29) is 5.82 Å². The van der Waals surface area contributed by atoms with Crippen LogP contribution in [0.1, 0.15) is 6.92 Å². The number of benzene rings is 1. The fraction of sp³-hybridized carbons (Fsp3) is 0.0455. The van der Waals surface area contributed by atoms with E-state index in [0.717, 1.165) is 22.2 Å². The number of pyridine rings is 3. The lowest BCUT2D eigenvalue weighted by Gasteiger charge is -2.11. The minimum absolute atomic E-state index is 0.312. The molecule has 27 heavy (non-hydrogen) atoms. The average Bonchev–Trinajstić information content (AvgIpc) is 2.72. The third kappa shape index (κ3) is 3.40. The fourth-order valence-corrected chi connectivity index (χ4v) is 2.95. The van der Waals surface area contributed by atoms with Gasteiger partial charge in [-0.15, -0.1) is 0 Å². The van der Waals surface area contributed by atoms with Crippen LogP contribution in [0.15, 0.2) is 79.4 Å². The third-order valence-corrected chi connectivity index (χ3v) is 4.20. The molecule has 3 heterocycles. The van der Waals surface area contributed by atoms with E-state index < -0.39 is 0 Å². The van der Waals surface area contributed by atoms with Crippen LogP contribution < -0.4 is 5.32 Å². The molecule has 0 aliphatic rings. The first-order valence-corrected chi connectivity index (χ1v) is 8.60. The van der Waals surface area contributed by atoms with E-state index in [1.165, 1.54) is 6.07 Å². The van der Waals surface area contributed by atoms with Crippen LogP contribution in [0.4, 0.5) is 10.1 Å². The van der Waals surface area contributed by atoms with Gasteiger partial charge < -0.3 is 5.32 Å². The fourth-order valence-electron chi connectivity index (χ4n) is 2.95. The number of fused-ring (bicyclic) bond motifs is 1. The molecule has 5 heteroatoms. The van der Waals surface area contributed by atoms with E-state index in [0.29, 0.717) is 16.9 Å². The van der Waals surface area contributed by atoms with Gasteiger partial charge >= 0.3 is 0 Å². The summed E-state index contributed by atoms with van der Waals surface area (Å²) in [4.78, 5) is 13.3. The van der Waals surface area contributed by atoms with Crippen molar-refractivity contribution in [3.8, 4) is 22.4 Å². The second kappa shape index (κ2) is 7.33. The highest BCUT2D eigenvalue weighted by Gasteiger charge is 2.13. The highest BCUT2D eigenvalue weighted by molar-refractivity contribution is 5.95. The maximum Gasteiger partial charge on any atom is 0.160 e. The SMILES string of the molecule is C/C=C\Nc1cncc(-c2cc(-c3ccccc3F)nc3ncccc23)c1. The van der Waals surface area contributed by atoms with Gasteiger partial charge in [-0.05, 0) is 55.1 Å². The van der Waals surface area contributed by atoms with Crippen LogP contribution in [0.25, 0.3) is 33.4 Å². The van der Waals surface area contributed by atoms with Gasteiger partial charge in [0.2, 0.25) is 0 Å². The first-order chi connectivity index (χ1) is 13.3. The zero-order valence-electron chi connectivity index (χ0n) is 14.7. The second-order valence-electron chi connectivity index (χ2n) is 6.02. The van der Waals surface area contributed by atoms with Crippen molar-refractivity contribution < 1.29 is 4.39 Å². The minimum Gasteiger partial charge on any atom is -0.361 e. The van der Waals surface area contributed by atoms with Crippen molar-refractivity contribution in [3.63, 3.8) is 0 Å². The van der Waals surface area contributed by atoms with Crippen LogP contribution in [0.5, 0.6) is 0 Å². The summed E-state index contributed by atoms with van der Waals surface area (Å²) in [5.41, 5.74) is 4.24. The molecule has 0 bridgehead atoms. The molecule has 0 saturated heterocycles. The van der Waals surface area contributed by atoms with E-state index in [4.69, 9.17) is 0 Å². The number of allylic oxidation sites excluding steroid dienone is 1. The maximum absolute atomic E-state index is 14.3. The molecule has 4 nitrogen and oxygen atoms in total. The molecule has 0 fully saturated rings. The zero-order chi connectivity index (χ0) is 18.6. The summed E-state index contributed by atoms with van der Waals surface area (Å²) < 4.78 is 14.3. The topological polar surface area (TPSA) is 50.7 Å². The zero-order valence-corrected chi connectivity index (χ0v) is 14.7. The van der Waals surface area contributed by atoms with Gasteiger partial charge in [0.25, 0.3) is 0 Å². The Morgan fingerprint density at radius 2 is 1.89 bits per heavy atom. The molecule has 0 saturated carbocycles. The Bertz CT molecular complexity index is 1140. The van der Waals surface area contributed by atoms with E-state index in [2.05, 4.69) is 20.3 Å². The Labute approximate surface area is 156 Å². The maximum atomic E-state index is 14.3. The lowest BCUT2D eigenvalue weighted by atomic mass is 10.0. The van der Waals surface area contributed by atoms with Crippen LogP contribution in [0.2, 0.25) is 0 Å². The standard InChI is InChI=1S/C22H17FN4/c1-2-9-25-16-11-15(13-24-14-16)19-12-21(18-6-3-4-8-20(18)23)27-22-17(19)7-5-10-26-22/h2-14,25H,1H3/b9-2-. The highest BCUT2D eigenvalue weighted by atomic mass is 19.1. The molecule has 1 N–H and O–H groups in total. The first kappa shape index (κ1) is 16.8. The van der Waals surface area contributed by atoms with Crippen molar-refractivity contribution in [3.05, 3.63) is 85.2 Å². The predicted octanol–water partition coefficient (Wildman–Crippen LogP) is 5.44. The van der Waals surface area contributed by atoms with Gasteiger partial charge in [-0.3, -0.25) is 4.98 Å². The third-order valence-electron chi connectivity index (χ3n) is 4.20. The molecule has 0 atom stereocenters. The Morgan fingerprint density at radius 1 is 1.00 bits per heavy atom.